The van der Waals surface area contributed by atoms with Crippen LogP contribution in [0.3, 0.4) is 0 Å². The van der Waals surface area contributed by atoms with Crippen molar-refractivity contribution in [1.82, 2.24) is 10.4 Å². The molecule has 0 aliphatic carbocycles. The van der Waals surface area contributed by atoms with Crippen LogP contribution in [0.2, 0.25) is 0 Å². The van der Waals surface area contributed by atoms with Gasteiger partial charge in [0.2, 0.25) is 0 Å². The van der Waals surface area contributed by atoms with E-state index in [2.05, 4.69) is 17.4 Å². The highest BCUT2D eigenvalue weighted by molar-refractivity contribution is 8.00. The number of aliphatic hydroxyl groups is 1. The number of benzene rings is 3. The third-order valence-electron chi connectivity index (χ3n) is 8.93. The van der Waals surface area contributed by atoms with Crippen molar-refractivity contribution >= 4 is 29.8 Å². The third-order valence-corrected chi connectivity index (χ3v) is 10.5. The second kappa shape index (κ2) is 13.8. The van der Waals surface area contributed by atoms with Gasteiger partial charge < -0.3 is 19.9 Å². The van der Waals surface area contributed by atoms with E-state index >= 15 is 0 Å². The maximum Gasteiger partial charge on any atom is 0.407 e. The molecule has 3 aromatic carbocycles. The molecule has 9 heteroatoms. The summed E-state index contributed by atoms with van der Waals surface area (Å²) in [5, 5.41) is 17.1. The van der Waals surface area contributed by atoms with Crippen molar-refractivity contribution < 1.29 is 29.0 Å². The summed E-state index contributed by atoms with van der Waals surface area (Å²) in [6.07, 6.45) is 5.60. The van der Waals surface area contributed by atoms with Crippen molar-refractivity contribution in [3.05, 3.63) is 108 Å². The Kier molecular flexibility index (Phi) is 9.61. The van der Waals surface area contributed by atoms with Gasteiger partial charge in [-0.1, -0.05) is 91.0 Å². The lowest BCUT2D eigenvalue weighted by molar-refractivity contribution is -0.308. The molecule has 8 nitrogen and oxygen atoms in total. The Hall–Kier alpha value is -3.63. The topological polar surface area (TPSA) is 97.3 Å². The summed E-state index contributed by atoms with van der Waals surface area (Å²) in [4.78, 5) is 34.3. The van der Waals surface area contributed by atoms with Gasteiger partial charge in [-0.25, -0.2) is 9.86 Å². The Labute approximate surface area is 268 Å². The molecule has 0 aromatic heterocycles. The molecule has 0 saturated carbocycles. The van der Waals surface area contributed by atoms with Crippen LogP contribution in [0.4, 0.5) is 4.79 Å². The molecule has 3 aliphatic heterocycles. The molecule has 3 aliphatic rings. The summed E-state index contributed by atoms with van der Waals surface area (Å²) in [6.45, 7) is 0.890. The van der Waals surface area contributed by atoms with Crippen LogP contribution in [-0.4, -0.2) is 71.0 Å². The molecule has 3 heterocycles. The number of hydroxylamine groups is 2. The molecule has 5 atom stereocenters. The lowest BCUT2D eigenvalue weighted by atomic mass is 9.73. The van der Waals surface area contributed by atoms with Gasteiger partial charge in [0.05, 0.1) is 19.3 Å². The van der Waals surface area contributed by atoms with Crippen LogP contribution in [0.15, 0.2) is 95.9 Å². The maximum absolute atomic E-state index is 13.6. The average molecular weight is 629 g/mol. The van der Waals surface area contributed by atoms with Crippen molar-refractivity contribution in [1.29, 1.82) is 0 Å². The fraction of sp³-hybridized carbons (Fsp3) is 0.389. The quantitative estimate of drug-likeness (QED) is 0.286. The number of amides is 2. The molecular weight excluding hydrogens is 588 g/mol. The van der Waals surface area contributed by atoms with Crippen LogP contribution in [0.5, 0.6) is 0 Å². The van der Waals surface area contributed by atoms with Crippen molar-refractivity contribution in [2.75, 3.05) is 20.3 Å². The number of ether oxygens (including phenoxy) is 2. The molecule has 0 bridgehead atoms. The van der Waals surface area contributed by atoms with E-state index in [1.807, 2.05) is 84.9 Å². The van der Waals surface area contributed by atoms with E-state index in [0.717, 1.165) is 22.4 Å². The highest BCUT2D eigenvalue weighted by Gasteiger charge is 2.60. The lowest BCUT2D eigenvalue weighted by Gasteiger charge is -2.52. The first kappa shape index (κ1) is 31.4. The summed E-state index contributed by atoms with van der Waals surface area (Å²) < 4.78 is 11.1. The van der Waals surface area contributed by atoms with Crippen LogP contribution in [0.1, 0.15) is 42.4 Å². The Morgan fingerprint density at radius 1 is 1.11 bits per heavy atom. The fourth-order valence-electron chi connectivity index (χ4n) is 6.58. The molecule has 2 amide bonds. The van der Waals surface area contributed by atoms with Gasteiger partial charge in [0, 0.05) is 36.5 Å². The normalized spacial score (nSPS) is 24.8. The number of nitrogens with zero attached hydrogens (tertiary/aromatic N) is 1. The Morgan fingerprint density at radius 2 is 1.84 bits per heavy atom. The second-order valence-corrected chi connectivity index (χ2v) is 13.3. The van der Waals surface area contributed by atoms with E-state index in [9.17, 15) is 14.7 Å². The highest BCUT2D eigenvalue weighted by atomic mass is 32.2. The molecule has 0 radical (unpaired) electrons. The van der Waals surface area contributed by atoms with Gasteiger partial charge in [-0.05, 0) is 42.0 Å². The minimum absolute atomic E-state index is 0.00748. The molecule has 6 rings (SSSR count). The molecule has 3 aromatic rings. The highest BCUT2D eigenvalue weighted by Crippen LogP contribution is 2.48. The zero-order valence-corrected chi connectivity index (χ0v) is 26.3. The van der Waals surface area contributed by atoms with Crippen molar-refractivity contribution in [3.63, 3.8) is 0 Å². The molecule has 2 fully saturated rings. The van der Waals surface area contributed by atoms with Crippen LogP contribution >= 0.6 is 11.8 Å². The van der Waals surface area contributed by atoms with E-state index in [-0.39, 0.29) is 30.1 Å². The second-order valence-electron chi connectivity index (χ2n) is 12.1. The van der Waals surface area contributed by atoms with Crippen LogP contribution in [0, 0.1) is 0 Å². The number of aryl methyl sites for hydroxylation is 1. The number of carbonyl (C=O) groups is 2. The largest absolute Gasteiger partial charge is 0.444 e. The van der Waals surface area contributed by atoms with E-state index in [1.165, 1.54) is 10.6 Å². The number of thioether (sulfide) groups is 1. The minimum Gasteiger partial charge on any atom is -0.444 e. The monoisotopic (exact) mass is 628 g/mol. The molecule has 0 unspecified atom stereocenters. The first-order chi connectivity index (χ1) is 21.8. The Morgan fingerprint density at radius 3 is 2.56 bits per heavy atom. The molecular formula is C36H40N2O6S. The Balaban J connectivity index is 1.36. The van der Waals surface area contributed by atoms with Crippen LogP contribution in [0.25, 0.3) is 6.08 Å². The number of carbonyl (C=O) groups excluding carboxylic acids is 2. The summed E-state index contributed by atoms with van der Waals surface area (Å²) in [5.41, 5.74) is 0.320. The predicted octanol–water partition coefficient (Wildman–Crippen LogP) is 5.59. The van der Waals surface area contributed by atoms with Crippen molar-refractivity contribution in [2.45, 2.75) is 72.0 Å². The summed E-state index contributed by atoms with van der Waals surface area (Å²) >= 11 is 1.60. The standard InChI is InChI=1S/C36H40N2O6S/c1-38-33(39)35(44-38,21-10-15-26-11-4-2-5-12-26)25-36(41,32-19-18-28-16-8-9-17-30(28)45-32)31(23-27-13-6-3-7-14-27)37-34(40)43-29-20-22-42-24-29/h2-17,29,31-32,41H,18-25H2,1H3,(H,37,40)/t29-,31-,32+,35+,36-/m0/s1. The number of alkyl carbamates (subject to hydrolysis) is 1. The zero-order chi connectivity index (χ0) is 31.3. The number of hydrogen-bond acceptors (Lipinski definition) is 7. The van der Waals surface area contributed by atoms with Crippen LogP contribution in [-0.2, 0) is 31.9 Å². The molecule has 236 valence electrons. The average Bonchev–Trinajstić information content (AvgIpc) is 3.58. The zero-order valence-electron chi connectivity index (χ0n) is 25.5. The third kappa shape index (κ3) is 7.12. The smallest absolute Gasteiger partial charge is 0.407 e. The number of fused-ring (bicyclic) bond motifs is 1. The number of nitrogens with one attached hydrogen (secondary N) is 1. The first-order valence-corrected chi connectivity index (χ1v) is 16.5. The van der Waals surface area contributed by atoms with E-state index in [4.69, 9.17) is 14.3 Å². The van der Waals surface area contributed by atoms with Gasteiger partial charge in [0.1, 0.15) is 11.7 Å². The van der Waals surface area contributed by atoms with Gasteiger partial charge in [0.25, 0.3) is 5.91 Å². The molecule has 45 heavy (non-hydrogen) atoms. The first-order valence-electron chi connectivity index (χ1n) is 15.6. The number of likely N-dealkylation sites (N-methyl/N-ethyl adjacent to an activating group) is 1. The number of rotatable bonds is 11. The molecule has 0 spiro atoms. The number of hydrogen-bond donors (Lipinski definition) is 2. The Bertz CT molecular complexity index is 1500. The van der Waals surface area contributed by atoms with Crippen LogP contribution < -0.4 is 5.32 Å². The minimum atomic E-state index is -1.56. The fourth-order valence-corrected chi connectivity index (χ4v) is 8.05. The van der Waals surface area contributed by atoms with E-state index in [1.54, 1.807) is 18.8 Å². The van der Waals surface area contributed by atoms with Gasteiger partial charge >= 0.3 is 6.09 Å². The van der Waals surface area contributed by atoms with Gasteiger partial charge in [-0.2, -0.15) is 0 Å². The molecule has 2 saturated heterocycles. The van der Waals surface area contributed by atoms with Crippen molar-refractivity contribution in [2.24, 2.45) is 0 Å². The summed E-state index contributed by atoms with van der Waals surface area (Å²) in [5.74, 6) is -0.205. The maximum atomic E-state index is 13.6. The van der Waals surface area contributed by atoms with Gasteiger partial charge in [-0.3, -0.25) is 9.63 Å². The van der Waals surface area contributed by atoms with E-state index in [0.29, 0.717) is 32.5 Å². The van der Waals surface area contributed by atoms with Crippen molar-refractivity contribution in [3.8, 4) is 0 Å². The lowest BCUT2D eigenvalue weighted by Crippen LogP contribution is -2.70. The predicted molar refractivity (Wildman–Crippen MR) is 173 cm³/mol. The molecule has 2 N–H and O–H groups in total. The SMILES string of the molecule is CN1O[C@](CC=Cc2ccccc2)(C[C@](O)([C@H](Cc2ccccc2)NC(=O)O[C@H]2CCOC2)[C@H]2CCc3ccccc3S2)C1=O. The summed E-state index contributed by atoms with van der Waals surface area (Å²) in [7, 11) is 1.59. The van der Waals surface area contributed by atoms with Gasteiger partial charge in [0.15, 0.2) is 5.60 Å². The summed E-state index contributed by atoms with van der Waals surface area (Å²) in [6, 6.07) is 27.1. The van der Waals surface area contributed by atoms with E-state index < -0.39 is 23.3 Å². The van der Waals surface area contributed by atoms with Gasteiger partial charge in [-0.15, -0.1) is 11.8 Å².